The number of Topliss-reactive ketones (excluding diaryl/α,β-unsaturated/α-hetero) is 1. The van der Waals surface area contributed by atoms with Gasteiger partial charge < -0.3 is 5.11 Å². The molecule has 0 amide bonds. The molecule has 0 aliphatic heterocycles. The summed E-state index contributed by atoms with van der Waals surface area (Å²) in [4.78, 5) is 11.8. The summed E-state index contributed by atoms with van der Waals surface area (Å²) < 4.78 is 0. The summed E-state index contributed by atoms with van der Waals surface area (Å²) in [6, 6.07) is 0. The Morgan fingerprint density at radius 1 is 1.14 bits per heavy atom. The Morgan fingerprint density at radius 3 is 2.68 bits per heavy atom. The van der Waals surface area contributed by atoms with Gasteiger partial charge in [-0.15, -0.1) is 0 Å². The van der Waals surface area contributed by atoms with Crippen molar-refractivity contribution in [2.45, 2.75) is 77.7 Å². The fourth-order valence-corrected chi connectivity index (χ4v) is 6.71. The van der Waals surface area contributed by atoms with Gasteiger partial charge in [-0.05, 0) is 74.5 Å². The zero-order valence-electron chi connectivity index (χ0n) is 14.3. The number of carbonyl (C=O) groups is 1. The summed E-state index contributed by atoms with van der Waals surface area (Å²) >= 11 is 0. The summed E-state index contributed by atoms with van der Waals surface area (Å²) in [5.74, 6) is 3.24. The Labute approximate surface area is 134 Å². The molecule has 4 rings (SSSR count). The molecule has 0 aromatic rings. The minimum atomic E-state index is -0.487. The second-order valence-electron chi connectivity index (χ2n) is 9.08. The van der Waals surface area contributed by atoms with Gasteiger partial charge in [0.1, 0.15) is 5.78 Å². The van der Waals surface area contributed by atoms with Crippen LogP contribution in [-0.2, 0) is 4.79 Å². The van der Waals surface area contributed by atoms with E-state index in [2.05, 4.69) is 20.8 Å². The fourth-order valence-electron chi connectivity index (χ4n) is 6.71. The Hall–Kier alpha value is -0.630. The second kappa shape index (κ2) is 4.69. The largest absolute Gasteiger partial charge is 0.390 e. The van der Waals surface area contributed by atoms with E-state index in [1.807, 2.05) is 0 Å². The number of hydrogen-bond donors (Lipinski definition) is 1. The Kier molecular flexibility index (Phi) is 3.18. The molecule has 2 fully saturated rings. The topological polar surface area (TPSA) is 37.3 Å². The molecule has 2 saturated carbocycles. The zero-order valence-corrected chi connectivity index (χ0v) is 14.3. The number of aliphatic hydroxyl groups is 1. The van der Waals surface area contributed by atoms with Crippen LogP contribution in [0, 0.1) is 29.1 Å². The molecule has 0 aromatic heterocycles. The van der Waals surface area contributed by atoms with Crippen molar-refractivity contribution in [2.75, 3.05) is 0 Å². The zero-order chi connectivity index (χ0) is 15.7. The van der Waals surface area contributed by atoms with Gasteiger partial charge in [-0.3, -0.25) is 4.79 Å². The lowest BCUT2D eigenvalue weighted by molar-refractivity contribution is -0.119. The first-order valence-corrected chi connectivity index (χ1v) is 9.28. The molecule has 0 spiro atoms. The number of ketones is 1. The van der Waals surface area contributed by atoms with E-state index in [9.17, 15) is 9.90 Å². The monoisotopic (exact) mass is 302 g/mol. The van der Waals surface area contributed by atoms with Gasteiger partial charge in [0, 0.05) is 12.8 Å². The van der Waals surface area contributed by atoms with E-state index in [1.54, 1.807) is 5.57 Å². The highest BCUT2D eigenvalue weighted by Gasteiger charge is 2.60. The van der Waals surface area contributed by atoms with Crippen molar-refractivity contribution in [3.63, 3.8) is 0 Å². The summed E-state index contributed by atoms with van der Waals surface area (Å²) in [7, 11) is 0. The minimum Gasteiger partial charge on any atom is -0.390 e. The van der Waals surface area contributed by atoms with Crippen LogP contribution in [0.2, 0.25) is 0 Å². The Bertz CT molecular complexity index is 544. The van der Waals surface area contributed by atoms with Gasteiger partial charge in [-0.1, -0.05) is 25.0 Å². The molecule has 0 saturated heterocycles. The van der Waals surface area contributed by atoms with E-state index in [-0.39, 0.29) is 5.41 Å². The lowest BCUT2D eigenvalue weighted by atomic mass is 9.50. The number of fused-ring (bicyclic) bond motifs is 4. The first-order valence-electron chi connectivity index (χ1n) is 9.28. The molecule has 2 nitrogen and oxygen atoms in total. The van der Waals surface area contributed by atoms with Gasteiger partial charge in [-0.25, -0.2) is 0 Å². The van der Waals surface area contributed by atoms with Crippen molar-refractivity contribution in [3.8, 4) is 0 Å². The van der Waals surface area contributed by atoms with Gasteiger partial charge in [0.15, 0.2) is 0 Å². The van der Waals surface area contributed by atoms with Crippen LogP contribution in [0.25, 0.3) is 0 Å². The standard InChI is InChI=1S/C20H30O2/c1-12-10-13-11-14(21)4-5-15(13)16-6-8-19(2)17(18(12)16)7-9-20(19,3)22/h12,16-18,22H,4-11H2,1-3H3/t12-,16-,17+,18-,19+,20+/m1/s1. The van der Waals surface area contributed by atoms with Crippen molar-refractivity contribution >= 4 is 5.78 Å². The fraction of sp³-hybridized carbons (Fsp3) is 0.850. The number of rotatable bonds is 0. The highest BCUT2D eigenvalue weighted by Crippen LogP contribution is 2.65. The van der Waals surface area contributed by atoms with Crippen LogP contribution >= 0.6 is 0 Å². The average Bonchev–Trinajstić information content (AvgIpc) is 2.69. The van der Waals surface area contributed by atoms with Crippen molar-refractivity contribution in [3.05, 3.63) is 11.1 Å². The van der Waals surface area contributed by atoms with Gasteiger partial charge >= 0.3 is 0 Å². The normalized spacial score (nSPS) is 51.4. The molecule has 6 atom stereocenters. The summed E-state index contributed by atoms with van der Waals surface area (Å²) in [5.41, 5.74) is 2.78. The van der Waals surface area contributed by atoms with Crippen LogP contribution < -0.4 is 0 Å². The molecular formula is C20H30O2. The van der Waals surface area contributed by atoms with Crippen molar-refractivity contribution in [1.29, 1.82) is 0 Å². The van der Waals surface area contributed by atoms with Crippen molar-refractivity contribution in [2.24, 2.45) is 29.1 Å². The van der Waals surface area contributed by atoms with E-state index < -0.39 is 5.60 Å². The molecule has 0 unspecified atom stereocenters. The average molecular weight is 302 g/mol. The summed E-state index contributed by atoms with van der Waals surface area (Å²) in [5, 5.41) is 10.9. The third-order valence-corrected chi connectivity index (χ3v) is 8.11. The van der Waals surface area contributed by atoms with E-state index in [0.717, 1.165) is 44.4 Å². The van der Waals surface area contributed by atoms with Gasteiger partial charge in [-0.2, -0.15) is 0 Å². The SMILES string of the molecule is C[C@@H]1CC2=C(CCC(=O)C2)[C@H]2CC[C@@]3(C)[C@@H](CC[C@]3(C)O)[C@H]12. The summed E-state index contributed by atoms with van der Waals surface area (Å²) in [6.45, 7) is 6.83. The number of carbonyl (C=O) groups excluding carboxylic acids is 1. The van der Waals surface area contributed by atoms with Crippen LogP contribution in [0.3, 0.4) is 0 Å². The van der Waals surface area contributed by atoms with Crippen LogP contribution in [-0.4, -0.2) is 16.5 Å². The number of hydrogen-bond acceptors (Lipinski definition) is 2. The van der Waals surface area contributed by atoms with Crippen LogP contribution in [0.1, 0.15) is 72.1 Å². The highest BCUT2D eigenvalue weighted by atomic mass is 16.3. The molecule has 1 N–H and O–H groups in total. The van der Waals surface area contributed by atoms with Crippen LogP contribution in [0.15, 0.2) is 11.1 Å². The van der Waals surface area contributed by atoms with E-state index in [4.69, 9.17) is 0 Å². The predicted molar refractivity (Wildman–Crippen MR) is 87.3 cm³/mol. The molecule has 22 heavy (non-hydrogen) atoms. The smallest absolute Gasteiger partial charge is 0.137 e. The lowest BCUT2D eigenvalue weighted by Gasteiger charge is -2.55. The molecule has 0 bridgehead atoms. The molecule has 0 heterocycles. The third kappa shape index (κ3) is 1.85. The number of allylic oxidation sites excluding steroid dienone is 2. The van der Waals surface area contributed by atoms with Crippen LogP contribution in [0.4, 0.5) is 0 Å². The minimum absolute atomic E-state index is 0.102. The second-order valence-corrected chi connectivity index (χ2v) is 9.08. The first-order chi connectivity index (χ1) is 10.3. The molecule has 2 heteroatoms. The van der Waals surface area contributed by atoms with Gasteiger partial charge in [0.05, 0.1) is 5.60 Å². The maximum Gasteiger partial charge on any atom is 0.137 e. The van der Waals surface area contributed by atoms with Crippen LogP contribution in [0.5, 0.6) is 0 Å². The van der Waals surface area contributed by atoms with Gasteiger partial charge in [0.2, 0.25) is 0 Å². The van der Waals surface area contributed by atoms with E-state index in [0.29, 0.717) is 23.5 Å². The first kappa shape index (κ1) is 14.9. The molecule has 0 radical (unpaired) electrons. The third-order valence-electron chi connectivity index (χ3n) is 8.11. The maximum atomic E-state index is 11.8. The van der Waals surface area contributed by atoms with Crippen molar-refractivity contribution < 1.29 is 9.90 Å². The highest BCUT2D eigenvalue weighted by molar-refractivity contribution is 5.82. The molecule has 0 aromatic carbocycles. The van der Waals surface area contributed by atoms with Crippen molar-refractivity contribution in [1.82, 2.24) is 0 Å². The van der Waals surface area contributed by atoms with E-state index in [1.165, 1.54) is 18.4 Å². The molecule has 4 aliphatic rings. The maximum absolute atomic E-state index is 11.8. The lowest BCUT2D eigenvalue weighted by Crippen LogP contribution is -2.51. The van der Waals surface area contributed by atoms with Gasteiger partial charge in [0.25, 0.3) is 0 Å². The molecule has 122 valence electrons. The molecule has 4 aliphatic carbocycles. The summed E-state index contributed by atoms with van der Waals surface area (Å²) in [6.07, 6.45) is 8.22. The quantitative estimate of drug-likeness (QED) is 0.679. The Morgan fingerprint density at radius 2 is 1.91 bits per heavy atom. The van der Waals surface area contributed by atoms with E-state index >= 15 is 0 Å². The molecular weight excluding hydrogens is 272 g/mol. The Balaban J connectivity index is 1.71. The predicted octanol–water partition coefficient (Wildman–Crippen LogP) is 4.27.